The zero-order valence-corrected chi connectivity index (χ0v) is 12.2. The number of carbonyl (C=O) groups is 1. The molecule has 0 aliphatic rings. The monoisotopic (exact) mass is 271 g/mol. The predicted molar refractivity (Wildman–Crippen MR) is 79.8 cm³/mol. The molecule has 0 atom stereocenters. The summed E-state index contributed by atoms with van der Waals surface area (Å²) in [7, 11) is 1.66. The zero-order chi connectivity index (χ0) is 14.9. The Morgan fingerprint density at radius 1 is 0.950 bits per heavy atom. The van der Waals surface area contributed by atoms with E-state index >= 15 is 0 Å². The molecule has 0 spiro atoms. The number of hydrogen-bond acceptors (Lipinski definition) is 1. The summed E-state index contributed by atoms with van der Waals surface area (Å²) >= 11 is 0. The van der Waals surface area contributed by atoms with Crippen LogP contribution in [-0.4, -0.2) is 13.0 Å². The Labute approximate surface area is 118 Å². The molecule has 2 aromatic carbocycles. The lowest BCUT2D eigenvalue weighted by Crippen LogP contribution is -2.27. The normalized spacial score (nSPS) is 10.4. The van der Waals surface area contributed by atoms with E-state index in [1.807, 2.05) is 39.0 Å². The minimum absolute atomic E-state index is 0.103. The van der Waals surface area contributed by atoms with E-state index in [-0.39, 0.29) is 11.5 Å². The van der Waals surface area contributed by atoms with E-state index in [4.69, 9.17) is 0 Å². The van der Waals surface area contributed by atoms with Crippen molar-refractivity contribution in [3.8, 4) is 0 Å². The van der Waals surface area contributed by atoms with Crippen LogP contribution in [0.25, 0.3) is 0 Å². The van der Waals surface area contributed by atoms with Gasteiger partial charge in [0.1, 0.15) is 5.82 Å². The summed E-state index contributed by atoms with van der Waals surface area (Å²) in [6.07, 6.45) is 0. The molecule has 0 saturated heterocycles. The SMILES string of the molecule is Cc1cc(C)cc(N(C)C(=O)c2cc(C)ccc2F)c1. The molecular weight excluding hydrogens is 253 g/mol. The molecule has 2 nitrogen and oxygen atoms in total. The van der Waals surface area contributed by atoms with Gasteiger partial charge in [-0.25, -0.2) is 4.39 Å². The molecule has 0 aliphatic heterocycles. The van der Waals surface area contributed by atoms with Crippen molar-refractivity contribution in [1.82, 2.24) is 0 Å². The lowest BCUT2D eigenvalue weighted by atomic mass is 10.1. The number of halogens is 1. The Kier molecular flexibility index (Phi) is 3.89. The molecule has 0 radical (unpaired) electrons. The van der Waals surface area contributed by atoms with E-state index in [0.29, 0.717) is 0 Å². The predicted octanol–water partition coefficient (Wildman–Crippen LogP) is 4.03. The van der Waals surface area contributed by atoms with Crippen LogP contribution in [0.4, 0.5) is 10.1 Å². The minimum atomic E-state index is -0.489. The number of hydrogen-bond donors (Lipinski definition) is 0. The largest absolute Gasteiger partial charge is 0.311 e. The van der Waals surface area contributed by atoms with Gasteiger partial charge in [-0.3, -0.25) is 4.79 Å². The molecule has 0 saturated carbocycles. The van der Waals surface area contributed by atoms with Crippen molar-refractivity contribution in [1.29, 1.82) is 0 Å². The highest BCUT2D eigenvalue weighted by molar-refractivity contribution is 6.06. The van der Waals surface area contributed by atoms with E-state index in [2.05, 4.69) is 0 Å². The number of rotatable bonds is 2. The van der Waals surface area contributed by atoms with Gasteiger partial charge in [0.2, 0.25) is 0 Å². The molecule has 0 N–H and O–H groups in total. The summed E-state index contributed by atoms with van der Waals surface area (Å²) in [5.74, 6) is -0.826. The fourth-order valence-electron chi connectivity index (χ4n) is 2.25. The fourth-order valence-corrected chi connectivity index (χ4v) is 2.25. The van der Waals surface area contributed by atoms with Gasteiger partial charge in [0.25, 0.3) is 5.91 Å². The highest BCUT2D eigenvalue weighted by atomic mass is 19.1. The van der Waals surface area contributed by atoms with E-state index in [0.717, 1.165) is 22.4 Å². The maximum atomic E-state index is 13.8. The maximum Gasteiger partial charge on any atom is 0.260 e. The first kappa shape index (κ1) is 14.3. The second-order valence-corrected chi connectivity index (χ2v) is 5.19. The van der Waals surface area contributed by atoms with Crippen molar-refractivity contribution in [2.75, 3.05) is 11.9 Å². The van der Waals surface area contributed by atoms with Crippen molar-refractivity contribution < 1.29 is 9.18 Å². The summed E-state index contributed by atoms with van der Waals surface area (Å²) in [4.78, 5) is 13.9. The Balaban J connectivity index is 2.39. The second kappa shape index (κ2) is 5.45. The van der Waals surface area contributed by atoms with Crippen molar-refractivity contribution in [3.05, 3.63) is 64.5 Å². The van der Waals surface area contributed by atoms with Gasteiger partial charge in [-0.05, 0) is 56.2 Å². The summed E-state index contributed by atoms with van der Waals surface area (Å²) in [6.45, 7) is 5.79. The average molecular weight is 271 g/mol. The van der Waals surface area contributed by atoms with Crippen LogP contribution >= 0.6 is 0 Å². The number of aryl methyl sites for hydroxylation is 3. The van der Waals surface area contributed by atoms with E-state index < -0.39 is 5.82 Å². The third kappa shape index (κ3) is 2.87. The van der Waals surface area contributed by atoms with Crippen LogP contribution in [0.3, 0.4) is 0 Å². The molecular formula is C17H18FNO. The number of benzene rings is 2. The molecule has 20 heavy (non-hydrogen) atoms. The first-order valence-electron chi connectivity index (χ1n) is 6.51. The van der Waals surface area contributed by atoms with Crippen LogP contribution in [0.1, 0.15) is 27.0 Å². The van der Waals surface area contributed by atoms with E-state index in [1.54, 1.807) is 19.2 Å². The zero-order valence-electron chi connectivity index (χ0n) is 12.2. The lowest BCUT2D eigenvalue weighted by molar-refractivity contribution is 0.0989. The third-order valence-corrected chi connectivity index (χ3v) is 3.25. The molecule has 3 heteroatoms. The fraction of sp³-hybridized carbons (Fsp3) is 0.235. The third-order valence-electron chi connectivity index (χ3n) is 3.25. The molecule has 2 rings (SSSR count). The number of carbonyl (C=O) groups excluding carboxylic acids is 1. The van der Waals surface area contributed by atoms with Gasteiger partial charge in [-0.1, -0.05) is 17.7 Å². The van der Waals surface area contributed by atoms with Gasteiger partial charge in [0.05, 0.1) is 5.56 Å². The van der Waals surface area contributed by atoms with Crippen LogP contribution in [0.5, 0.6) is 0 Å². The summed E-state index contributed by atoms with van der Waals surface area (Å²) < 4.78 is 13.8. The average Bonchev–Trinajstić information content (AvgIpc) is 2.38. The number of nitrogens with zero attached hydrogens (tertiary/aromatic N) is 1. The van der Waals surface area contributed by atoms with Gasteiger partial charge in [-0.2, -0.15) is 0 Å². The molecule has 104 valence electrons. The molecule has 0 aliphatic carbocycles. The summed E-state index contributed by atoms with van der Waals surface area (Å²) in [6, 6.07) is 10.4. The number of anilines is 1. The Morgan fingerprint density at radius 3 is 2.15 bits per heavy atom. The quantitative estimate of drug-likeness (QED) is 0.807. The van der Waals surface area contributed by atoms with Gasteiger partial charge in [0, 0.05) is 12.7 Å². The smallest absolute Gasteiger partial charge is 0.260 e. The molecule has 1 amide bonds. The van der Waals surface area contributed by atoms with Crippen LogP contribution < -0.4 is 4.90 Å². The van der Waals surface area contributed by atoms with Crippen molar-refractivity contribution in [3.63, 3.8) is 0 Å². The molecule has 0 unspecified atom stereocenters. The van der Waals surface area contributed by atoms with Crippen LogP contribution in [0.2, 0.25) is 0 Å². The molecule has 2 aromatic rings. The summed E-state index contributed by atoms with van der Waals surface area (Å²) in [5.41, 5.74) is 3.89. The molecule has 0 bridgehead atoms. The van der Waals surface area contributed by atoms with Crippen LogP contribution in [0, 0.1) is 26.6 Å². The van der Waals surface area contributed by atoms with Gasteiger partial charge >= 0.3 is 0 Å². The van der Waals surface area contributed by atoms with Crippen molar-refractivity contribution >= 4 is 11.6 Å². The molecule has 0 aromatic heterocycles. The first-order chi connectivity index (χ1) is 9.38. The second-order valence-electron chi connectivity index (χ2n) is 5.19. The highest BCUT2D eigenvalue weighted by Crippen LogP contribution is 2.21. The highest BCUT2D eigenvalue weighted by Gasteiger charge is 2.18. The van der Waals surface area contributed by atoms with Gasteiger partial charge < -0.3 is 4.90 Å². The Hall–Kier alpha value is -2.16. The minimum Gasteiger partial charge on any atom is -0.311 e. The van der Waals surface area contributed by atoms with Crippen LogP contribution in [-0.2, 0) is 0 Å². The van der Waals surface area contributed by atoms with E-state index in [1.165, 1.54) is 11.0 Å². The summed E-state index contributed by atoms with van der Waals surface area (Å²) in [5, 5.41) is 0. The Bertz CT molecular complexity index is 644. The van der Waals surface area contributed by atoms with Crippen LogP contribution in [0.15, 0.2) is 36.4 Å². The first-order valence-corrected chi connectivity index (χ1v) is 6.51. The van der Waals surface area contributed by atoms with Crippen molar-refractivity contribution in [2.45, 2.75) is 20.8 Å². The van der Waals surface area contributed by atoms with Crippen molar-refractivity contribution in [2.24, 2.45) is 0 Å². The van der Waals surface area contributed by atoms with Gasteiger partial charge in [0.15, 0.2) is 0 Å². The molecule has 0 heterocycles. The molecule has 0 fully saturated rings. The Morgan fingerprint density at radius 2 is 1.55 bits per heavy atom. The van der Waals surface area contributed by atoms with E-state index in [9.17, 15) is 9.18 Å². The maximum absolute atomic E-state index is 13.8. The lowest BCUT2D eigenvalue weighted by Gasteiger charge is -2.19. The van der Waals surface area contributed by atoms with Gasteiger partial charge in [-0.15, -0.1) is 0 Å². The number of amides is 1. The standard InChI is InChI=1S/C17H18FNO/c1-11-5-6-16(18)15(10-11)17(20)19(4)14-8-12(2)7-13(3)9-14/h5-10H,1-4H3. The topological polar surface area (TPSA) is 20.3 Å².